The molecule has 118 valence electrons. The van der Waals surface area contributed by atoms with Crippen molar-refractivity contribution >= 4 is 27.3 Å². The first-order chi connectivity index (χ1) is 10.4. The third kappa shape index (κ3) is 3.20. The van der Waals surface area contributed by atoms with Crippen LogP contribution in [0.4, 0.5) is 5.69 Å². The lowest BCUT2D eigenvalue weighted by Gasteiger charge is -2.23. The van der Waals surface area contributed by atoms with Gasteiger partial charge in [-0.1, -0.05) is 17.7 Å². The zero-order valence-corrected chi connectivity index (χ0v) is 14.3. The van der Waals surface area contributed by atoms with Gasteiger partial charge in [-0.3, -0.25) is 4.31 Å². The summed E-state index contributed by atoms with van der Waals surface area (Å²) >= 11 is 6.11. The van der Waals surface area contributed by atoms with Crippen LogP contribution in [0.1, 0.15) is 12.5 Å². The Morgan fingerprint density at radius 1 is 1.14 bits per heavy atom. The average molecular weight is 340 g/mol. The summed E-state index contributed by atoms with van der Waals surface area (Å²) in [5, 5.41) is 0.542. The van der Waals surface area contributed by atoms with Crippen molar-refractivity contribution in [1.29, 1.82) is 0 Å². The van der Waals surface area contributed by atoms with Crippen molar-refractivity contribution in [1.82, 2.24) is 0 Å². The number of benzene rings is 2. The average Bonchev–Trinajstić information content (AvgIpc) is 2.51. The van der Waals surface area contributed by atoms with E-state index >= 15 is 0 Å². The molecule has 2 rings (SSSR count). The van der Waals surface area contributed by atoms with Gasteiger partial charge in [0, 0.05) is 11.6 Å². The molecule has 0 saturated carbocycles. The van der Waals surface area contributed by atoms with Gasteiger partial charge in [-0.15, -0.1) is 0 Å². The summed E-state index contributed by atoms with van der Waals surface area (Å²) in [7, 11) is -2.10. The number of methoxy groups -OCH3 is 1. The summed E-state index contributed by atoms with van der Waals surface area (Å²) in [6, 6.07) is 11.6. The lowest BCUT2D eigenvalue weighted by molar-refractivity contribution is 0.414. The minimum Gasteiger partial charge on any atom is -0.497 e. The fraction of sp³-hybridized carbons (Fsp3) is 0.250. The van der Waals surface area contributed by atoms with Crippen molar-refractivity contribution in [3.8, 4) is 5.75 Å². The van der Waals surface area contributed by atoms with Crippen molar-refractivity contribution in [2.24, 2.45) is 0 Å². The number of aryl methyl sites for hydroxylation is 1. The highest BCUT2D eigenvalue weighted by Crippen LogP contribution is 2.28. The first-order valence-corrected chi connectivity index (χ1v) is 8.65. The second-order valence-electron chi connectivity index (χ2n) is 4.78. The Labute approximate surface area is 136 Å². The van der Waals surface area contributed by atoms with Crippen LogP contribution in [0, 0.1) is 6.92 Å². The van der Waals surface area contributed by atoms with Gasteiger partial charge in [0.1, 0.15) is 5.75 Å². The number of anilines is 1. The van der Waals surface area contributed by atoms with E-state index in [-0.39, 0.29) is 4.90 Å². The van der Waals surface area contributed by atoms with E-state index in [9.17, 15) is 8.42 Å². The maximum absolute atomic E-state index is 12.8. The summed E-state index contributed by atoms with van der Waals surface area (Å²) in [4.78, 5) is 0.215. The van der Waals surface area contributed by atoms with Gasteiger partial charge in [0.25, 0.3) is 10.0 Å². The second kappa shape index (κ2) is 6.58. The number of rotatable bonds is 5. The van der Waals surface area contributed by atoms with Crippen molar-refractivity contribution in [3.63, 3.8) is 0 Å². The molecule has 0 aromatic heterocycles. The summed E-state index contributed by atoms with van der Waals surface area (Å²) in [5.41, 5.74) is 1.46. The highest BCUT2D eigenvalue weighted by atomic mass is 35.5. The molecule has 0 N–H and O–H groups in total. The first kappa shape index (κ1) is 16.6. The third-order valence-electron chi connectivity index (χ3n) is 3.38. The number of ether oxygens (including phenoxy) is 1. The molecule has 0 aliphatic heterocycles. The molecule has 0 amide bonds. The molecule has 0 radical (unpaired) electrons. The number of hydrogen-bond donors (Lipinski definition) is 0. The van der Waals surface area contributed by atoms with Gasteiger partial charge in [0.15, 0.2) is 0 Å². The van der Waals surface area contributed by atoms with Gasteiger partial charge < -0.3 is 4.74 Å². The first-order valence-electron chi connectivity index (χ1n) is 6.83. The number of nitrogens with zero attached hydrogens (tertiary/aromatic N) is 1. The normalized spacial score (nSPS) is 11.3. The second-order valence-corrected chi connectivity index (χ2v) is 7.05. The topological polar surface area (TPSA) is 46.6 Å². The molecular formula is C16H18ClNO3S. The summed E-state index contributed by atoms with van der Waals surface area (Å²) in [5.74, 6) is 0.611. The van der Waals surface area contributed by atoms with E-state index in [0.717, 1.165) is 5.56 Å². The predicted molar refractivity (Wildman–Crippen MR) is 89.4 cm³/mol. The lowest BCUT2D eigenvalue weighted by Crippen LogP contribution is -2.30. The molecule has 0 atom stereocenters. The van der Waals surface area contributed by atoms with Gasteiger partial charge >= 0.3 is 0 Å². The quantitative estimate of drug-likeness (QED) is 0.830. The van der Waals surface area contributed by atoms with Crippen LogP contribution < -0.4 is 9.04 Å². The maximum atomic E-state index is 12.8. The van der Waals surface area contributed by atoms with Gasteiger partial charge in [0.2, 0.25) is 0 Å². The summed E-state index contributed by atoms with van der Waals surface area (Å²) < 4.78 is 32.0. The predicted octanol–water partition coefficient (Wildman–Crippen LogP) is 3.87. The zero-order chi connectivity index (χ0) is 16.3. The van der Waals surface area contributed by atoms with Crippen molar-refractivity contribution in [2.45, 2.75) is 18.7 Å². The molecule has 2 aromatic rings. The van der Waals surface area contributed by atoms with Crippen LogP contribution >= 0.6 is 11.6 Å². The Kier molecular flexibility index (Phi) is 4.98. The van der Waals surface area contributed by atoms with Crippen LogP contribution in [-0.2, 0) is 10.0 Å². The minimum atomic E-state index is -3.64. The fourth-order valence-corrected chi connectivity index (χ4v) is 3.74. The number of hydrogen-bond acceptors (Lipinski definition) is 3. The Balaban J connectivity index is 2.45. The van der Waals surface area contributed by atoms with E-state index in [0.29, 0.717) is 23.0 Å². The van der Waals surface area contributed by atoms with Crippen LogP contribution in [0.15, 0.2) is 47.4 Å². The Hall–Kier alpha value is -1.72. The molecule has 0 saturated heterocycles. The molecular weight excluding hydrogens is 322 g/mol. The molecule has 0 unspecified atom stereocenters. The smallest absolute Gasteiger partial charge is 0.264 e. The molecule has 0 fully saturated rings. The zero-order valence-electron chi connectivity index (χ0n) is 12.7. The monoisotopic (exact) mass is 339 g/mol. The van der Waals surface area contributed by atoms with Crippen molar-refractivity contribution in [3.05, 3.63) is 53.1 Å². The van der Waals surface area contributed by atoms with Crippen LogP contribution in [0.3, 0.4) is 0 Å². The summed E-state index contributed by atoms with van der Waals surface area (Å²) in [6.45, 7) is 3.98. The largest absolute Gasteiger partial charge is 0.497 e. The fourth-order valence-electron chi connectivity index (χ4n) is 2.10. The molecule has 0 aliphatic carbocycles. The Bertz CT molecular complexity index is 757. The standard InChI is InChI=1S/C16H18ClNO3S/c1-4-18(13-6-5-12(2)16(17)11-13)22(19,20)15-9-7-14(21-3)8-10-15/h5-11H,4H2,1-3H3. The van der Waals surface area contributed by atoms with Gasteiger partial charge in [0.05, 0.1) is 17.7 Å². The lowest BCUT2D eigenvalue weighted by atomic mass is 10.2. The molecule has 22 heavy (non-hydrogen) atoms. The van der Waals surface area contributed by atoms with Crippen molar-refractivity contribution in [2.75, 3.05) is 18.0 Å². The van der Waals surface area contributed by atoms with Crippen LogP contribution in [0.25, 0.3) is 0 Å². The highest BCUT2D eigenvalue weighted by molar-refractivity contribution is 7.92. The molecule has 6 heteroatoms. The SMILES string of the molecule is CCN(c1ccc(C)c(Cl)c1)S(=O)(=O)c1ccc(OC)cc1. The van der Waals surface area contributed by atoms with Crippen LogP contribution in [0.2, 0.25) is 5.02 Å². The minimum absolute atomic E-state index is 0.215. The van der Waals surface area contributed by atoms with E-state index in [1.165, 1.54) is 23.5 Å². The molecule has 2 aromatic carbocycles. The molecule has 4 nitrogen and oxygen atoms in total. The van der Waals surface area contributed by atoms with E-state index in [4.69, 9.17) is 16.3 Å². The van der Waals surface area contributed by atoms with Crippen LogP contribution in [-0.4, -0.2) is 22.1 Å². The molecule has 0 bridgehead atoms. The van der Waals surface area contributed by atoms with E-state index in [2.05, 4.69) is 0 Å². The maximum Gasteiger partial charge on any atom is 0.264 e. The highest BCUT2D eigenvalue weighted by Gasteiger charge is 2.23. The number of sulfonamides is 1. The Morgan fingerprint density at radius 2 is 1.77 bits per heavy atom. The van der Waals surface area contributed by atoms with E-state index in [1.807, 2.05) is 13.0 Å². The van der Waals surface area contributed by atoms with E-state index < -0.39 is 10.0 Å². The number of halogens is 1. The summed E-state index contributed by atoms with van der Waals surface area (Å²) in [6.07, 6.45) is 0. The van der Waals surface area contributed by atoms with Crippen molar-refractivity contribution < 1.29 is 13.2 Å². The van der Waals surface area contributed by atoms with Gasteiger partial charge in [-0.2, -0.15) is 0 Å². The third-order valence-corrected chi connectivity index (χ3v) is 5.70. The molecule has 0 aliphatic rings. The van der Waals surface area contributed by atoms with Gasteiger partial charge in [-0.05, 0) is 55.8 Å². The molecule has 0 heterocycles. The van der Waals surface area contributed by atoms with E-state index in [1.54, 1.807) is 31.2 Å². The van der Waals surface area contributed by atoms with Crippen LogP contribution in [0.5, 0.6) is 5.75 Å². The molecule has 0 spiro atoms. The Morgan fingerprint density at radius 3 is 2.27 bits per heavy atom. The van der Waals surface area contributed by atoms with Gasteiger partial charge in [-0.25, -0.2) is 8.42 Å².